The van der Waals surface area contributed by atoms with Gasteiger partial charge in [-0.1, -0.05) is 0 Å². The van der Waals surface area contributed by atoms with Gasteiger partial charge in [-0.2, -0.15) is 0 Å². The third-order valence-electron chi connectivity index (χ3n) is 3.19. The highest BCUT2D eigenvalue weighted by Crippen LogP contribution is 2.10. The maximum atomic E-state index is 12.1. The van der Waals surface area contributed by atoms with E-state index in [9.17, 15) is 4.79 Å². The van der Waals surface area contributed by atoms with Crippen molar-refractivity contribution in [3.63, 3.8) is 0 Å². The van der Waals surface area contributed by atoms with Crippen molar-refractivity contribution < 1.29 is 4.79 Å². The van der Waals surface area contributed by atoms with Crippen molar-refractivity contribution in [2.45, 2.75) is 39.8 Å². The average Bonchev–Trinajstić information content (AvgIpc) is 2.76. The van der Waals surface area contributed by atoms with Crippen LogP contribution in [0, 0.1) is 0 Å². The monoisotopic (exact) mass is 252 g/mol. The Hall–Kier alpha value is -1.36. The SMILES string of the molecule is CCN(CC)C(=O)C(C)NC(C)c1nccn1C. The van der Waals surface area contributed by atoms with Crippen LogP contribution >= 0.6 is 0 Å². The van der Waals surface area contributed by atoms with Crippen molar-refractivity contribution in [3.05, 3.63) is 18.2 Å². The Bertz CT molecular complexity index is 384. The molecule has 102 valence electrons. The molecule has 0 aromatic carbocycles. The van der Waals surface area contributed by atoms with Crippen molar-refractivity contribution >= 4 is 5.91 Å². The molecule has 0 spiro atoms. The quantitative estimate of drug-likeness (QED) is 0.831. The number of carbonyl (C=O) groups is 1. The van der Waals surface area contributed by atoms with Gasteiger partial charge in [0, 0.05) is 32.5 Å². The average molecular weight is 252 g/mol. The topological polar surface area (TPSA) is 50.2 Å². The first-order valence-electron chi connectivity index (χ1n) is 6.53. The maximum Gasteiger partial charge on any atom is 0.239 e. The molecular weight excluding hydrogens is 228 g/mol. The number of nitrogens with zero attached hydrogens (tertiary/aromatic N) is 3. The van der Waals surface area contributed by atoms with E-state index in [-0.39, 0.29) is 18.0 Å². The van der Waals surface area contributed by atoms with Gasteiger partial charge in [-0.15, -0.1) is 0 Å². The minimum absolute atomic E-state index is 0.0551. The molecule has 0 saturated heterocycles. The number of hydrogen-bond donors (Lipinski definition) is 1. The third-order valence-corrected chi connectivity index (χ3v) is 3.19. The molecule has 18 heavy (non-hydrogen) atoms. The van der Waals surface area contributed by atoms with E-state index in [1.54, 1.807) is 6.20 Å². The fourth-order valence-electron chi connectivity index (χ4n) is 2.12. The van der Waals surface area contributed by atoms with E-state index in [4.69, 9.17) is 0 Å². The molecule has 1 N–H and O–H groups in total. The van der Waals surface area contributed by atoms with Crippen LogP contribution in [0.4, 0.5) is 0 Å². The zero-order chi connectivity index (χ0) is 13.7. The zero-order valence-corrected chi connectivity index (χ0v) is 12.0. The van der Waals surface area contributed by atoms with Gasteiger partial charge in [0.15, 0.2) is 0 Å². The molecule has 0 saturated carbocycles. The van der Waals surface area contributed by atoms with Crippen LogP contribution in [0.3, 0.4) is 0 Å². The number of aryl methyl sites for hydroxylation is 1. The summed E-state index contributed by atoms with van der Waals surface area (Å²) < 4.78 is 1.96. The van der Waals surface area contributed by atoms with Gasteiger partial charge < -0.3 is 9.47 Å². The van der Waals surface area contributed by atoms with Crippen LogP contribution in [-0.2, 0) is 11.8 Å². The molecule has 1 heterocycles. The maximum absolute atomic E-state index is 12.1. The lowest BCUT2D eigenvalue weighted by atomic mass is 10.2. The summed E-state index contributed by atoms with van der Waals surface area (Å²) in [6.07, 6.45) is 3.68. The van der Waals surface area contributed by atoms with Gasteiger partial charge >= 0.3 is 0 Å². The smallest absolute Gasteiger partial charge is 0.239 e. The van der Waals surface area contributed by atoms with Crippen LogP contribution in [0.25, 0.3) is 0 Å². The standard InChI is InChI=1S/C13H24N4O/c1-6-17(7-2)13(18)11(4)15-10(3)12-14-8-9-16(12)5/h8-11,15H,6-7H2,1-5H3. The fourth-order valence-corrected chi connectivity index (χ4v) is 2.12. The molecule has 1 aromatic rings. The van der Waals surface area contributed by atoms with Gasteiger partial charge in [-0.25, -0.2) is 4.98 Å². The summed E-state index contributed by atoms with van der Waals surface area (Å²) in [5.41, 5.74) is 0. The molecule has 5 heteroatoms. The fraction of sp³-hybridized carbons (Fsp3) is 0.692. The Labute approximate surface area is 109 Å². The van der Waals surface area contributed by atoms with Crippen molar-refractivity contribution in [2.24, 2.45) is 7.05 Å². The second-order valence-electron chi connectivity index (χ2n) is 4.52. The summed E-state index contributed by atoms with van der Waals surface area (Å²) in [5, 5.41) is 3.30. The van der Waals surface area contributed by atoms with Gasteiger partial charge in [-0.3, -0.25) is 10.1 Å². The van der Waals surface area contributed by atoms with E-state index in [0.29, 0.717) is 0 Å². The molecule has 2 atom stereocenters. The Balaban J connectivity index is 2.62. The van der Waals surface area contributed by atoms with Gasteiger partial charge in [0.05, 0.1) is 12.1 Å². The normalized spacial score (nSPS) is 14.3. The number of hydrogen-bond acceptors (Lipinski definition) is 3. The van der Waals surface area contributed by atoms with E-state index >= 15 is 0 Å². The van der Waals surface area contributed by atoms with Gasteiger partial charge in [0.1, 0.15) is 5.82 Å². The number of carbonyl (C=O) groups excluding carboxylic acids is 1. The minimum atomic E-state index is -0.198. The van der Waals surface area contributed by atoms with Crippen LogP contribution in [0.2, 0.25) is 0 Å². The summed E-state index contributed by atoms with van der Waals surface area (Å²) >= 11 is 0. The van der Waals surface area contributed by atoms with Crippen LogP contribution in [-0.4, -0.2) is 39.5 Å². The highest BCUT2D eigenvalue weighted by atomic mass is 16.2. The number of likely N-dealkylation sites (N-methyl/N-ethyl adjacent to an activating group) is 1. The van der Waals surface area contributed by atoms with Crippen LogP contribution in [0.15, 0.2) is 12.4 Å². The van der Waals surface area contributed by atoms with Crippen LogP contribution in [0.1, 0.15) is 39.6 Å². The highest BCUT2D eigenvalue weighted by molar-refractivity contribution is 5.81. The molecule has 0 bridgehead atoms. The first kappa shape index (κ1) is 14.7. The summed E-state index contributed by atoms with van der Waals surface area (Å²) in [6, 6.07) is -0.142. The largest absolute Gasteiger partial charge is 0.342 e. The van der Waals surface area contributed by atoms with Gasteiger partial charge in [0.25, 0.3) is 0 Å². The highest BCUT2D eigenvalue weighted by Gasteiger charge is 2.21. The lowest BCUT2D eigenvalue weighted by molar-refractivity contribution is -0.132. The van der Waals surface area contributed by atoms with E-state index in [0.717, 1.165) is 18.9 Å². The van der Waals surface area contributed by atoms with Crippen molar-refractivity contribution in [2.75, 3.05) is 13.1 Å². The first-order valence-corrected chi connectivity index (χ1v) is 6.53. The van der Waals surface area contributed by atoms with Crippen molar-refractivity contribution in [1.29, 1.82) is 0 Å². The van der Waals surface area contributed by atoms with E-state index < -0.39 is 0 Å². The molecule has 0 radical (unpaired) electrons. The predicted molar refractivity (Wildman–Crippen MR) is 72.1 cm³/mol. The third kappa shape index (κ3) is 3.32. The Kier molecular flexibility index (Phi) is 5.34. The summed E-state index contributed by atoms with van der Waals surface area (Å²) in [6.45, 7) is 9.41. The lowest BCUT2D eigenvalue weighted by Crippen LogP contribution is -2.45. The minimum Gasteiger partial charge on any atom is -0.342 e. The molecule has 0 aliphatic heterocycles. The molecule has 5 nitrogen and oxygen atoms in total. The van der Waals surface area contributed by atoms with Gasteiger partial charge in [0.2, 0.25) is 5.91 Å². The molecule has 0 aliphatic rings. The lowest BCUT2D eigenvalue weighted by Gasteiger charge is -2.25. The first-order chi connectivity index (χ1) is 8.51. The number of aromatic nitrogens is 2. The molecule has 1 amide bonds. The molecule has 1 rings (SSSR count). The zero-order valence-electron chi connectivity index (χ0n) is 12.0. The van der Waals surface area contributed by atoms with Crippen LogP contribution < -0.4 is 5.32 Å². The van der Waals surface area contributed by atoms with E-state index in [1.807, 2.05) is 50.4 Å². The van der Waals surface area contributed by atoms with Gasteiger partial charge in [-0.05, 0) is 27.7 Å². The summed E-state index contributed by atoms with van der Waals surface area (Å²) in [7, 11) is 1.96. The molecule has 2 unspecified atom stereocenters. The number of nitrogens with one attached hydrogen (secondary N) is 1. The predicted octanol–water partition coefficient (Wildman–Crippen LogP) is 1.33. The van der Waals surface area contributed by atoms with Crippen molar-refractivity contribution in [3.8, 4) is 0 Å². The molecular formula is C13H24N4O. The summed E-state index contributed by atoms with van der Waals surface area (Å²) in [4.78, 5) is 18.3. The number of imidazole rings is 1. The number of amides is 1. The Morgan fingerprint density at radius 2 is 2.06 bits per heavy atom. The van der Waals surface area contributed by atoms with E-state index in [2.05, 4.69) is 10.3 Å². The molecule has 0 fully saturated rings. The van der Waals surface area contributed by atoms with Crippen LogP contribution in [0.5, 0.6) is 0 Å². The second kappa shape index (κ2) is 6.54. The molecule has 1 aromatic heterocycles. The molecule has 0 aliphatic carbocycles. The second-order valence-corrected chi connectivity index (χ2v) is 4.52. The van der Waals surface area contributed by atoms with Crippen molar-refractivity contribution in [1.82, 2.24) is 19.8 Å². The number of rotatable bonds is 6. The van der Waals surface area contributed by atoms with E-state index in [1.165, 1.54) is 0 Å². The summed E-state index contributed by atoms with van der Waals surface area (Å²) in [5.74, 6) is 1.08. The Morgan fingerprint density at radius 3 is 2.50 bits per heavy atom. The Morgan fingerprint density at radius 1 is 1.44 bits per heavy atom.